The van der Waals surface area contributed by atoms with Gasteiger partial charge in [0.1, 0.15) is 0 Å². The summed E-state index contributed by atoms with van der Waals surface area (Å²) < 4.78 is 10.8. The summed E-state index contributed by atoms with van der Waals surface area (Å²) in [6.45, 7) is 1.39. The van der Waals surface area contributed by atoms with Gasteiger partial charge in [0.25, 0.3) is 0 Å². The molecule has 0 atom stereocenters. The van der Waals surface area contributed by atoms with Crippen LogP contribution in [0.25, 0.3) is 0 Å². The Balaban J connectivity index is 1.89. The molecule has 4 nitrogen and oxygen atoms in total. The second-order valence-electron chi connectivity index (χ2n) is 4.18. The van der Waals surface area contributed by atoms with E-state index >= 15 is 0 Å². The Labute approximate surface area is 106 Å². The van der Waals surface area contributed by atoms with Crippen LogP contribution >= 0.6 is 0 Å². The standard InChI is InChI=1S/C14H15NO3/c15-10-11-3-1-4-12(9-11)13(16)5-6-14-17-7-2-8-18-14/h1,3-4,9,14H,2,5-8H2. The van der Waals surface area contributed by atoms with E-state index in [1.807, 2.05) is 6.07 Å². The van der Waals surface area contributed by atoms with Crippen molar-refractivity contribution in [3.63, 3.8) is 0 Å². The van der Waals surface area contributed by atoms with Gasteiger partial charge in [-0.2, -0.15) is 5.26 Å². The second-order valence-corrected chi connectivity index (χ2v) is 4.18. The van der Waals surface area contributed by atoms with Gasteiger partial charge in [-0.25, -0.2) is 0 Å². The highest BCUT2D eigenvalue weighted by Crippen LogP contribution is 2.14. The molecule has 0 N–H and O–H groups in total. The smallest absolute Gasteiger partial charge is 0.163 e. The molecule has 0 radical (unpaired) electrons. The molecule has 0 amide bonds. The average molecular weight is 245 g/mol. The fourth-order valence-electron chi connectivity index (χ4n) is 1.86. The van der Waals surface area contributed by atoms with Gasteiger partial charge in [-0.15, -0.1) is 0 Å². The molecular formula is C14H15NO3. The zero-order valence-electron chi connectivity index (χ0n) is 10.1. The Bertz CT molecular complexity index is 458. The topological polar surface area (TPSA) is 59.3 Å². The quantitative estimate of drug-likeness (QED) is 0.763. The monoisotopic (exact) mass is 245 g/mol. The van der Waals surface area contributed by atoms with Crippen molar-refractivity contribution in [2.45, 2.75) is 25.6 Å². The number of ketones is 1. The average Bonchev–Trinajstić information content (AvgIpc) is 2.46. The van der Waals surface area contributed by atoms with Crippen LogP contribution in [0.2, 0.25) is 0 Å². The predicted octanol–water partition coefficient (Wildman–Crippen LogP) is 2.28. The van der Waals surface area contributed by atoms with Crippen molar-refractivity contribution in [1.82, 2.24) is 0 Å². The highest BCUT2D eigenvalue weighted by Gasteiger charge is 2.16. The lowest BCUT2D eigenvalue weighted by Gasteiger charge is -2.22. The van der Waals surface area contributed by atoms with E-state index in [1.165, 1.54) is 0 Å². The summed E-state index contributed by atoms with van der Waals surface area (Å²) >= 11 is 0. The van der Waals surface area contributed by atoms with Crippen LogP contribution in [-0.2, 0) is 9.47 Å². The van der Waals surface area contributed by atoms with Gasteiger partial charge < -0.3 is 9.47 Å². The number of rotatable bonds is 4. The highest BCUT2D eigenvalue weighted by molar-refractivity contribution is 5.96. The number of benzene rings is 1. The fourth-order valence-corrected chi connectivity index (χ4v) is 1.86. The number of carbonyl (C=O) groups excluding carboxylic acids is 1. The molecule has 1 aliphatic heterocycles. The number of nitriles is 1. The van der Waals surface area contributed by atoms with E-state index in [9.17, 15) is 4.79 Å². The van der Waals surface area contributed by atoms with E-state index in [4.69, 9.17) is 14.7 Å². The molecule has 1 aromatic carbocycles. The van der Waals surface area contributed by atoms with Crippen molar-refractivity contribution in [2.75, 3.05) is 13.2 Å². The van der Waals surface area contributed by atoms with Crippen LogP contribution in [0.1, 0.15) is 35.2 Å². The molecular weight excluding hydrogens is 230 g/mol. The maximum Gasteiger partial charge on any atom is 0.163 e. The number of carbonyl (C=O) groups is 1. The summed E-state index contributed by atoms with van der Waals surface area (Å²) in [6, 6.07) is 8.78. The summed E-state index contributed by atoms with van der Waals surface area (Å²) in [5, 5.41) is 8.78. The first-order valence-electron chi connectivity index (χ1n) is 6.06. The molecule has 0 bridgehead atoms. The van der Waals surface area contributed by atoms with Crippen molar-refractivity contribution in [1.29, 1.82) is 5.26 Å². The number of nitrogens with zero attached hydrogens (tertiary/aromatic N) is 1. The fraction of sp³-hybridized carbons (Fsp3) is 0.429. The number of Topliss-reactive ketones (excluding diaryl/α,β-unsaturated/α-hetero) is 1. The van der Waals surface area contributed by atoms with Gasteiger partial charge in [0, 0.05) is 18.4 Å². The van der Waals surface area contributed by atoms with Crippen LogP contribution in [0.15, 0.2) is 24.3 Å². The molecule has 94 valence electrons. The van der Waals surface area contributed by atoms with Gasteiger partial charge in [0.2, 0.25) is 0 Å². The van der Waals surface area contributed by atoms with E-state index in [0.29, 0.717) is 37.2 Å². The molecule has 0 spiro atoms. The van der Waals surface area contributed by atoms with E-state index in [0.717, 1.165) is 6.42 Å². The Morgan fingerprint density at radius 1 is 1.39 bits per heavy atom. The molecule has 4 heteroatoms. The van der Waals surface area contributed by atoms with Crippen molar-refractivity contribution >= 4 is 5.78 Å². The molecule has 0 saturated carbocycles. The van der Waals surface area contributed by atoms with Crippen LogP contribution in [0, 0.1) is 11.3 Å². The van der Waals surface area contributed by atoms with Gasteiger partial charge >= 0.3 is 0 Å². The SMILES string of the molecule is N#Cc1cccc(C(=O)CCC2OCCCO2)c1. The summed E-state index contributed by atoms with van der Waals surface area (Å²) in [6.07, 6.45) is 1.59. The van der Waals surface area contributed by atoms with E-state index < -0.39 is 0 Å². The second kappa shape index (κ2) is 6.29. The Hall–Kier alpha value is -1.70. The third kappa shape index (κ3) is 3.39. The van der Waals surface area contributed by atoms with Crippen LogP contribution in [-0.4, -0.2) is 25.3 Å². The van der Waals surface area contributed by atoms with Crippen LogP contribution < -0.4 is 0 Å². The van der Waals surface area contributed by atoms with Gasteiger partial charge in [-0.1, -0.05) is 12.1 Å². The third-order valence-electron chi connectivity index (χ3n) is 2.82. The van der Waals surface area contributed by atoms with Gasteiger partial charge in [0.15, 0.2) is 12.1 Å². The largest absolute Gasteiger partial charge is 0.353 e. The lowest BCUT2D eigenvalue weighted by molar-refractivity contribution is -0.180. The van der Waals surface area contributed by atoms with Crippen LogP contribution in [0.3, 0.4) is 0 Å². The summed E-state index contributed by atoms with van der Waals surface area (Å²) in [4.78, 5) is 11.9. The normalized spacial score (nSPS) is 16.2. The molecule has 1 fully saturated rings. The van der Waals surface area contributed by atoms with Crippen molar-refractivity contribution in [3.05, 3.63) is 35.4 Å². The predicted molar refractivity (Wildman–Crippen MR) is 65.0 cm³/mol. The molecule has 0 unspecified atom stereocenters. The molecule has 0 aromatic heterocycles. The molecule has 2 rings (SSSR count). The Kier molecular flexibility index (Phi) is 4.46. The zero-order valence-corrected chi connectivity index (χ0v) is 10.1. The van der Waals surface area contributed by atoms with Crippen molar-refractivity contribution in [2.24, 2.45) is 0 Å². The van der Waals surface area contributed by atoms with Crippen LogP contribution in [0.5, 0.6) is 0 Å². The van der Waals surface area contributed by atoms with Gasteiger partial charge in [0.05, 0.1) is 24.8 Å². The minimum absolute atomic E-state index is 0.0184. The maximum atomic E-state index is 11.9. The molecule has 1 saturated heterocycles. The highest BCUT2D eigenvalue weighted by atomic mass is 16.7. The van der Waals surface area contributed by atoms with Crippen molar-refractivity contribution in [3.8, 4) is 6.07 Å². The first kappa shape index (κ1) is 12.7. The summed E-state index contributed by atoms with van der Waals surface area (Å²) in [5.41, 5.74) is 1.08. The molecule has 0 aliphatic carbocycles. The lowest BCUT2D eigenvalue weighted by Crippen LogP contribution is -2.25. The minimum atomic E-state index is -0.262. The maximum absolute atomic E-state index is 11.9. The Morgan fingerprint density at radius 2 is 2.17 bits per heavy atom. The first-order chi connectivity index (χ1) is 8.79. The number of hydrogen-bond donors (Lipinski definition) is 0. The molecule has 1 aliphatic rings. The number of ether oxygens (including phenoxy) is 2. The van der Waals surface area contributed by atoms with E-state index in [-0.39, 0.29) is 12.1 Å². The molecule has 1 heterocycles. The molecule has 1 aromatic rings. The first-order valence-corrected chi connectivity index (χ1v) is 6.06. The van der Waals surface area contributed by atoms with Gasteiger partial charge in [-0.3, -0.25) is 4.79 Å². The molecule has 18 heavy (non-hydrogen) atoms. The van der Waals surface area contributed by atoms with Gasteiger partial charge in [-0.05, 0) is 18.6 Å². The minimum Gasteiger partial charge on any atom is -0.353 e. The third-order valence-corrected chi connectivity index (χ3v) is 2.82. The summed E-state index contributed by atoms with van der Waals surface area (Å²) in [5.74, 6) is 0.0184. The van der Waals surface area contributed by atoms with Crippen LogP contribution in [0.4, 0.5) is 0 Å². The van der Waals surface area contributed by atoms with E-state index in [1.54, 1.807) is 24.3 Å². The zero-order chi connectivity index (χ0) is 12.8. The Morgan fingerprint density at radius 3 is 2.89 bits per heavy atom. The van der Waals surface area contributed by atoms with Crippen molar-refractivity contribution < 1.29 is 14.3 Å². The summed E-state index contributed by atoms with van der Waals surface area (Å²) in [7, 11) is 0. The lowest BCUT2D eigenvalue weighted by atomic mass is 10.0. The number of hydrogen-bond acceptors (Lipinski definition) is 4. The van der Waals surface area contributed by atoms with E-state index in [2.05, 4.69) is 0 Å².